The summed E-state index contributed by atoms with van der Waals surface area (Å²) in [6, 6.07) is 58.8. The number of thiophene rings is 1. The number of para-hydroxylation sites is 1. The van der Waals surface area contributed by atoms with Gasteiger partial charge in [0.25, 0.3) is 6.71 Å². The Morgan fingerprint density at radius 3 is 1.79 bits per heavy atom. The van der Waals surface area contributed by atoms with Crippen molar-refractivity contribution in [2.45, 2.75) is 172 Å². The first-order valence-corrected chi connectivity index (χ1v) is 31.2. The van der Waals surface area contributed by atoms with Crippen LogP contribution in [0.25, 0.3) is 31.3 Å². The van der Waals surface area contributed by atoms with Crippen LogP contribution in [0, 0.1) is 0 Å². The lowest BCUT2D eigenvalue weighted by atomic mass is 9.32. The molecule has 4 heterocycles. The van der Waals surface area contributed by atoms with Gasteiger partial charge in [-0.2, -0.15) is 0 Å². The second kappa shape index (κ2) is 15.9. The zero-order valence-electron chi connectivity index (χ0n) is 49.3. The van der Waals surface area contributed by atoms with Crippen molar-refractivity contribution < 1.29 is 0 Å². The van der Waals surface area contributed by atoms with E-state index in [1.165, 1.54) is 171 Å². The zero-order chi connectivity index (χ0) is 55.0. The zero-order valence-corrected chi connectivity index (χ0v) is 50.2. The van der Waals surface area contributed by atoms with E-state index in [1.54, 1.807) is 0 Å². The van der Waals surface area contributed by atoms with Crippen molar-refractivity contribution in [3.63, 3.8) is 0 Å². The van der Waals surface area contributed by atoms with Gasteiger partial charge in [0.1, 0.15) is 0 Å². The summed E-state index contributed by atoms with van der Waals surface area (Å²) in [6.07, 6.45) is 9.49. The Balaban J connectivity index is 1.10. The molecule has 1 fully saturated rings. The third-order valence-electron chi connectivity index (χ3n) is 22.7. The fraction of sp³-hybridized carbons (Fsp3) is 0.360. The Hall–Kier alpha value is -6.56. The first kappa shape index (κ1) is 49.3. The molecule has 2 unspecified atom stereocenters. The summed E-state index contributed by atoms with van der Waals surface area (Å²) in [4.78, 5) is 8.49. The second-order valence-electron chi connectivity index (χ2n) is 29.2. The molecule has 400 valence electrons. The molecule has 0 spiro atoms. The first-order valence-electron chi connectivity index (χ1n) is 30.3. The average molecular weight is 1060 g/mol. The van der Waals surface area contributed by atoms with E-state index < -0.39 is 0 Å². The molecule has 0 bridgehead atoms. The van der Waals surface area contributed by atoms with Crippen LogP contribution in [0.4, 0.5) is 45.5 Å². The fourth-order valence-corrected chi connectivity index (χ4v) is 18.9. The molecule has 1 saturated carbocycles. The number of benzene rings is 8. The van der Waals surface area contributed by atoms with Gasteiger partial charge in [-0.1, -0.05) is 180 Å². The van der Waals surface area contributed by atoms with Crippen LogP contribution < -0.4 is 31.1 Å². The minimum Gasteiger partial charge on any atom is -0.334 e. The van der Waals surface area contributed by atoms with Gasteiger partial charge in [0.15, 0.2) is 0 Å². The van der Waals surface area contributed by atoms with Crippen LogP contribution in [-0.2, 0) is 32.5 Å². The van der Waals surface area contributed by atoms with Crippen LogP contribution in [-0.4, -0.2) is 12.3 Å². The van der Waals surface area contributed by atoms with Crippen molar-refractivity contribution in [2.24, 2.45) is 0 Å². The Morgan fingerprint density at radius 1 is 0.412 bits per heavy atom. The largest absolute Gasteiger partial charge is 0.334 e. The van der Waals surface area contributed by atoms with E-state index in [4.69, 9.17) is 0 Å². The van der Waals surface area contributed by atoms with Gasteiger partial charge in [-0.15, -0.1) is 11.3 Å². The molecule has 0 amide bonds. The molecule has 2 atom stereocenters. The average Bonchev–Trinajstić information content (AvgIpc) is 4.19. The van der Waals surface area contributed by atoms with Crippen molar-refractivity contribution in [1.29, 1.82) is 0 Å². The summed E-state index contributed by atoms with van der Waals surface area (Å²) in [5, 5.41) is 2.67. The van der Waals surface area contributed by atoms with Gasteiger partial charge in [0, 0.05) is 70.8 Å². The van der Waals surface area contributed by atoms with E-state index in [0.717, 1.165) is 12.8 Å². The van der Waals surface area contributed by atoms with Crippen LogP contribution >= 0.6 is 11.3 Å². The van der Waals surface area contributed by atoms with Crippen LogP contribution in [0.1, 0.15) is 173 Å². The van der Waals surface area contributed by atoms with Crippen LogP contribution in [0.3, 0.4) is 0 Å². The fourth-order valence-electron chi connectivity index (χ4n) is 17.8. The topological polar surface area (TPSA) is 9.72 Å². The lowest BCUT2D eigenvalue weighted by Crippen LogP contribution is -2.62. The Kier molecular flexibility index (Phi) is 9.80. The van der Waals surface area contributed by atoms with Gasteiger partial charge >= 0.3 is 0 Å². The summed E-state index contributed by atoms with van der Waals surface area (Å²) in [5.41, 5.74) is 27.6. The van der Waals surface area contributed by atoms with Crippen LogP contribution in [0.15, 0.2) is 146 Å². The standard InChI is InChI=1S/C75H76BN3S/c1-69(2)36-37-70(3,4)53-40-45(30-32-51(53)69)77-60-44-55-54(71(5,6)38-39-72(55,7)8)43-57(60)76-56-33-31-48-47-22-13-15-24-50(47)73(9,10)66(48)68(56)78(59-27-21-29-64-65(59)49-23-14-18-28-63(49)80-64)62-42-46(41-61(77)67(62)76)79-58-26-17-16-25-52(58)74(11)34-19-20-35-75(74,79)12/h13-18,21-33,40-44H,19-20,34-39H2,1-12H3. The van der Waals surface area contributed by atoms with E-state index >= 15 is 0 Å². The minimum absolute atomic E-state index is 0.0117. The van der Waals surface area contributed by atoms with Crippen molar-refractivity contribution in [1.82, 2.24) is 0 Å². The summed E-state index contributed by atoms with van der Waals surface area (Å²) in [7, 11) is 0. The van der Waals surface area contributed by atoms with Gasteiger partial charge in [-0.05, 0) is 188 Å². The van der Waals surface area contributed by atoms with Crippen molar-refractivity contribution in [3.05, 3.63) is 185 Å². The predicted octanol–water partition coefficient (Wildman–Crippen LogP) is 18.9. The molecule has 9 aromatic rings. The molecule has 0 saturated heterocycles. The maximum absolute atomic E-state index is 2.86. The predicted molar refractivity (Wildman–Crippen MR) is 344 cm³/mol. The molecule has 3 aliphatic heterocycles. The molecule has 0 radical (unpaired) electrons. The van der Waals surface area contributed by atoms with Gasteiger partial charge in [-0.25, -0.2) is 0 Å². The molecular weight excluding hydrogens is 986 g/mol. The number of fused-ring (bicyclic) bond motifs is 16. The Morgan fingerprint density at radius 2 is 1.02 bits per heavy atom. The number of rotatable bonds is 3. The minimum atomic E-state index is -0.279. The maximum atomic E-state index is 2.86. The lowest BCUT2D eigenvalue weighted by molar-refractivity contribution is 0.195. The summed E-state index contributed by atoms with van der Waals surface area (Å²) >= 11 is 1.93. The summed E-state index contributed by atoms with van der Waals surface area (Å²) in [6.45, 7) is 30.3. The van der Waals surface area contributed by atoms with Gasteiger partial charge in [-0.3, -0.25) is 0 Å². The number of hydrogen-bond donors (Lipinski definition) is 0. The molecule has 1 aromatic heterocycles. The summed E-state index contributed by atoms with van der Waals surface area (Å²) in [5.74, 6) is 0. The lowest BCUT2D eigenvalue weighted by Gasteiger charge is -2.51. The molecule has 80 heavy (non-hydrogen) atoms. The van der Waals surface area contributed by atoms with Gasteiger partial charge in [0.05, 0.1) is 11.2 Å². The number of nitrogens with zero attached hydrogens (tertiary/aromatic N) is 3. The van der Waals surface area contributed by atoms with Gasteiger partial charge in [0.2, 0.25) is 0 Å². The van der Waals surface area contributed by atoms with E-state index in [0.29, 0.717) is 0 Å². The Labute approximate surface area is 480 Å². The quantitative estimate of drug-likeness (QED) is 0.163. The molecule has 3 nitrogen and oxygen atoms in total. The van der Waals surface area contributed by atoms with Crippen LogP contribution in [0.2, 0.25) is 0 Å². The third-order valence-corrected chi connectivity index (χ3v) is 23.8. The van der Waals surface area contributed by atoms with Crippen molar-refractivity contribution in [3.8, 4) is 11.1 Å². The van der Waals surface area contributed by atoms with Crippen molar-refractivity contribution in [2.75, 3.05) is 14.7 Å². The molecule has 16 rings (SSSR count). The van der Waals surface area contributed by atoms with E-state index in [9.17, 15) is 0 Å². The molecule has 4 aliphatic carbocycles. The highest BCUT2D eigenvalue weighted by Crippen LogP contribution is 2.63. The highest BCUT2D eigenvalue weighted by molar-refractivity contribution is 7.26. The SMILES string of the molecule is CC1(C)CCC(C)(C)c2cc(N3c4cc5c(cc4B4c6ccc7c(c6N(c6cccc8sc9ccccc9c68)c6cc(N8c9ccccc9C9(C)CCCCC89C)cc3c64)C(C)(C)c3ccccc3-7)C(C)(C)CCC5(C)C)ccc21. The molecule has 8 aromatic carbocycles. The van der Waals surface area contributed by atoms with Crippen LogP contribution in [0.5, 0.6) is 0 Å². The van der Waals surface area contributed by atoms with E-state index in [1.807, 2.05) is 11.3 Å². The number of anilines is 8. The second-order valence-corrected chi connectivity index (χ2v) is 30.3. The molecule has 0 N–H and O–H groups in total. The molecular formula is C75H76BN3S. The van der Waals surface area contributed by atoms with E-state index in [2.05, 4.69) is 243 Å². The molecule has 5 heteroatoms. The highest BCUT2D eigenvalue weighted by Gasteiger charge is 2.59. The monoisotopic (exact) mass is 1060 g/mol. The van der Waals surface area contributed by atoms with E-state index in [-0.39, 0.29) is 44.7 Å². The Bertz CT molecular complexity index is 4210. The third kappa shape index (κ3) is 6.24. The normalized spacial score (nSPS) is 23.4. The molecule has 7 aliphatic rings. The summed E-state index contributed by atoms with van der Waals surface area (Å²) < 4.78 is 2.66. The smallest absolute Gasteiger partial charge is 0.252 e. The van der Waals surface area contributed by atoms with Gasteiger partial charge < -0.3 is 14.7 Å². The maximum Gasteiger partial charge on any atom is 0.252 e. The first-order chi connectivity index (χ1) is 38.1. The van der Waals surface area contributed by atoms with Crippen molar-refractivity contribution >= 4 is 100 Å². The number of hydrogen-bond acceptors (Lipinski definition) is 4. The highest BCUT2D eigenvalue weighted by atomic mass is 32.1.